The number of nitrogens with two attached hydrogens (primary N) is 1. The lowest BCUT2D eigenvalue weighted by Gasteiger charge is -2.42. The van der Waals surface area contributed by atoms with Crippen LogP contribution in [-0.2, 0) is 97.1 Å². The second kappa shape index (κ2) is 37.0. The van der Waals surface area contributed by atoms with Gasteiger partial charge in [0.2, 0.25) is 23.6 Å². The van der Waals surface area contributed by atoms with Crippen molar-refractivity contribution in [1.82, 2.24) is 35.6 Å². The molecule has 3 aromatic rings. The Morgan fingerprint density at radius 3 is 1.84 bits per heavy atom. The summed E-state index contributed by atoms with van der Waals surface area (Å²) in [5.41, 5.74) is 5.15. The van der Waals surface area contributed by atoms with Crippen LogP contribution < -0.4 is 27.0 Å². The Morgan fingerprint density at radius 2 is 1.28 bits per heavy atom. The predicted molar refractivity (Wildman–Crippen MR) is 361 cm³/mol. The molecule has 7 amide bonds. The van der Waals surface area contributed by atoms with Crippen LogP contribution in [0.2, 0.25) is 0 Å². The number of amides is 7. The van der Waals surface area contributed by atoms with Gasteiger partial charge in [0, 0.05) is 81.5 Å². The second-order valence-electron chi connectivity index (χ2n) is 27.8. The molecule has 0 aliphatic heterocycles. The summed E-state index contributed by atoms with van der Waals surface area (Å²) >= 11 is 0. The van der Waals surface area contributed by atoms with Gasteiger partial charge in [0.15, 0.2) is 11.6 Å². The number of aromatic nitrogens is 1. The molecule has 6 N–H and O–H groups in total. The molecule has 96 heavy (non-hydrogen) atoms. The Labute approximate surface area is 565 Å². The number of nitrogens with zero attached hydrogens (tertiary/aromatic N) is 3. The number of Topliss-reactive ketones (excluding diaryl/α,β-unsaturated/α-hetero) is 2. The molecule has 0 fully saturated rings. The highest BCUT2D eigenvalue weighted by atomic mass is 16.6. The molecule has 0 bridgehead atoms. The van der Waals surface area contributed by atoms with E-state index in [9.17, 15) is 47.9 Å². The van der Waals surface area contributed by atoms with Crippen LogP contribution in [-0.4, -0.2) is 163 Å². The number of ketones is 2. The van der Waals surface area contributed by atoms with Gasteiger partial charge < -0.3 is 60.2 Å². The molecule has 0 saturated heterocycles. The van der Waals surface area contributed by atoms with Crippen LogP contribution in [0.25, 0.3) is 10.9 Å². The molecule has 1 heterocycles. The van der Waals surface area contributed by atoms with E-state index < -0.39 is 130 Å². The van der Waals surface area contributed by atoms with Crippen LogP contribution in [0.4, 0.5) is 9.59 Å². The smallest absolute Gasteiger partial charge is 0.410 e. The highest BCUT2D eigenvalue weighted by molar-refractivity contribution is 5.99. The maximum absolute atomic E-state index is 15.5. The summed E-state index contributed by atoms with van der Waals surface area (Å²) in [6, 6.07) is 7.99. The molecule has 0 saturated carbocycles. The first-order valence-corrected chi connectivity index (χ1v) is 32.7. The van der Waals surface area contributed by atoms with Crippen molar-refractivity contribution in [3.8, 4) is 0 Å². The highest BCUT2D eigenvalue weighted by Gasteiger charge is 2.47. The number of urea groups is 1. The maximum Gasteiger partial charge on any atom is 0.410 e. The first-order valence-electron chi connectivity index (χ1n) is 32.7. The van der Waals surface area contributed by atoms with Crippen LogP contribution in [0.3, 0.4) is 0 Å². The number of aryl methyl sites for hydroxylation is 1. The summed E-state index contributed by atoms with van der Waals surface area (Å²) in [5, 5.41) is 11.9. The minimum atomic E-state index is -1.33. The van der Waals surface area contributed by atoms with Crippen LogP contribution in [0.15, 0.2) is 66.4 Å². The third-order valence-corrected chi connectivity index (χ3v) is 16.8. The van der Waals surface area contributed by atoms with Gasteiger partial charge in [0.05, 0.1) is 57.2 Å². The molecule has 25 nitrogen and oxygen atoms in total. The van der Waals surface area contributed by atoms with Crippen molar-refractivity contribution < 1.29 is 81.2 Å². The Hall–Kier alpha value is -8.64. The number of primary amides is 1. The van der Waals surface area contributed by atoms with E-state index in [1.807, 2.05) is 69.8 Å². The van der Waals surface area contributed by atoms with Crippen LogP contribution in [0, 0.1) is 29.1 Å². The number of likely N-dealkylation sites (N-methyl/N-ethyl adjacent to an activating group) is 2. The molecule has 3 rings (SSSR count). The lowest BCUT2D eigenvalue weighted by molar-refractivity contribution is -0.158. The van der Waals surface area contributed by atoms with Crippen molar-refractivity contribution in [1.29, 1.82) is 0 Å². The normalized spacial score (nSPS) is 14.2. The minimum absolute atomic E-state index is 0.0726. The Kier molecular flexibility index (Phi) is 31.5. The molecule has 0 aliphatic carbocycles. The van der Waals surface area contributed by atoms with Gasteiger partial charge in [-0.2, -0.15) is 0 Å². The van der Waals surface area contributed by atoms with E-state index in [0.717, 1.165) is 23.6 Å². The number of nitrogens with one attached hydrogen (secondary N) is 4. The van der Waals surface area contributed by atoms with E-state index in [1.165, 1.54) is 30.9 Å². The lowest BCUT2D eigenvalue weighted by atomic mass is 9.76. The summed E-state index contributed by atoms with van der Waals surface area (Å²) in [5.74, 6) is -8.35. The summed E-state index contributed by atoms with van der Waals surface area (Å²) in [6.45, 7) is 24.6. The van der Waals surface area contributed by atoms with Crippen LogP contribution in [0.1, 0.15) is 165 Å². The fourth-order valence-corrected chi connectivity index (χ4v) is 11.4. The molecule has 0 spiro atoms. The van der Waals surface area contributed by atoms with Gasteiger partial charge in [-0.25, -0.2) is 9.59 Å². The van der Waals surface area contributed by atoms with Crippen molar-refractivity contribution in [3.63, 3.8) is 0 Å². The molecule has 1 aromatic heterocycles. The van der Waals surface area contributed by atoms with E-state index in [4.69, 9.17) is 29.4 Å². The number of esters is 4. The van der Waals surface area contributed by atoms with Gasteiger partial charge in [-0.15, -0.1) is 0 Å². The van der Waals surface area contributed by atoms with Crippen molar-refractivity contribution in [2.24, 2.45) is 41.9 Å². The standard InChI is InChI=1S/C71H106N8O17/c1-20-94-58(83)33-31-47(66(89)93-19)38-56(81)52(32-34-57(82)92-18)74-62(85)44(6)36-54(43(4)5)78(16)65(88)60(69(7,8)9)76-64(87)61(71(13,14)50-40-77(15)53-26-22-21-24-48(50)53)79(17)68(91)95-41-46-29-27-45(28-30-46)37-55(80)51(25-23-35-73-67(72)90)75-63(86)49(42(2)3)39-59(84)96-70(10,11)12/h21-22,24,26-30,36,40,42-43,47,49,51-52,54,60-61H,20,23,25,31-35,37-39,41H2,1-19H3,(H,74,85)(H,75,86)(H,76,87)(H3,72,73,90)/b44-36+/t47-,49-,51-,52+,54+,60+,61?/m0/s1. The van der Waals surface area contributed by atoms with Gasteiger partial charge in [-0.3, -0.25) is 52.8 Å². The van der Waals surface area contributed by atoms with E-state index in [2.05, 4.69) is 21.3 Å². The first kappa shape index (κ1) is 81.6. The summed E-state index contributed by atoms with van der Waals surface area (Å²) in [7, 11) is 7.18. The average molecular weight is 1340 g/mol. The largest absolute Gasteiger partial charge is 0.469 e. The number of hydrogen-bond acceptors (Lipinski definition) is 17. The summed E-state index contributed by atoms with van der Waals surface area (Å²) in [4.78, 5) is 165. The van der Waals surface area contributed by atoms with E-state index in [1.54, 1.807) is 99.7 Å². The average Bonchev–Trinajstić information content (AvgIpc) is 1.56. The Bertz CT molecular complexity index is 3250. The molecular formula is C71H106N8O17. The number of benzene rings is 2. The van der Waals surface area contributed by atoms with Gasteiger partial charge in [0.25, 0.3) is 0 Å². The van der Waals surface area contributed by atoms with Gasteiger partial charge in [-0.05, 0) is 100 Å². The molecule has 0 radical (unpaired) electrons. The number of fused-ring (bicyclic) bond motifs is 1. The van der Waals surface area contributed by atoms with E-state index in [0.29, 0.717) is 17.5 Å². The fourth-order valence-electron chi connectivity index (χ4n) is 11.4. The third kappa shape index (κ3) is 24.8. The highest BCUT2D eigenvalue weighted by Crippen LogP contribution is 2.37. The number of methoxy groups -OCH3 is 2. The number of hydrogen-bond donors (Lipinski definition) is 5. The second-order valence-corrected chi connectivity index (χ2v) is 27.8. The maximum atomic E-state index is 15.5. The summed E-state index contributed by atoms with van der Waals surface area (Å²) in [6.07, 6.45) is 1.63. The van der Waals surface area contributed by atoms with Gasteiger partial charge in [-0.1, -0.05) is 111 Å². The lowest BCUT2D eigenvalue weighted by Crippen LogP contribution is -2.63. The molecule has 7 atom stereocenters. The van der Waals surface area contributed by atoms with Crippen LogP contribution in [0.5, 0.6) is 0 Å². The first-order chi connectivity index (χ1) is 44.7. The number of ether oxygens (including phenoxy) is 5. The van der Waals surface area contributed by atoms with Crippen molar-refractivity contribution in [2.45, 2.75) is 203 Å². The van der Waals surface area contributed by atoms with E-state index in [-0.39, 0.29) is 87.9 Å². The van der Waals surface area contributed by atoms with Crippen molar-refractivity contribution in [2.75, 3.05) is 41.5 Å². The zero-order valence-electron chi connectivity index (χ0n) is 59.8. The Morgan fingerprint density at radius 1 is 0.677 bits per heavy atom. The quantitative estimate of drug-likeness (QED) is 0.0162. The fraction of sp³-hybridized carbons (Fsp3) is 0.606. The predicted octanol–water partition coefficient (Wildman–Crippen LogP) is 7.63. The number of para-hydroxylation sites is 1. The van der Waals surface area contributed by atoms with Gasteiger partial charge >= 0.3 is 36.0 Å². The zero-order valence-corrected chi connectivity index (χ0v) is 59.8. The zero-order chi connectivity index (χ0) is 72.7. The molecule has 2 aromatic carbocycles. The third-order valence-electron chi connectivity index (χ3n) is 16.8. The van der Waals surface area contributed by atoms with Crippen molar-refractivity contribution in [3.05, 3.63) is 83.1 Å². The molecule has 25 heteroatoms. The molecule has 532 valence electrons. The van der Waals surface area contributed by atoms with Crippen LogP contribution >= 0.6 is 0 Å². The Balaban J connectivity index is 1.97. The number of carbonyl (C=O) groups is 12. The van der Waals surface area contributed by atoms with Gasteiger partial charge in [0.1, 0.15) is 24.3 Å². The number of carbonyl (C=O) groups excluding carboxylic acids is 12. The minimum Gasteiger partial charge on any atom is -0.469 e. The topological polar surface area (TPSA) is 337 Å². The molecule has 1 unspecified atom stereocenters. The van der Waals surface area contributed by atoms with E-state index >= 15 is 9.59 Å². The molecular weight excluding hydrogens is 1240 g/mol. The monoisotopic (exact) mass is 1340 g/mol. The van der Waals surface area contributed by atoms with Crippen molar-refractivity contribution >= 4 is 82.1 Å². The number of rotatable bonds is 36. The molecule has 0 aliphatic rings. The summed E-state index contributed by atoms with van der Waals surface area (Å²) < 4.78 is 28.1. The SMILES string of the molecule is CCOC(=O)CC[C@@H](CC(=O)[C@@H](CCC(=O)OC)NC(=O)/C(C)=C/[C@H](C(C)C)N(C)C(=O)[C@@H](NC(=O)C(N(C)C(=O)OCc1ccc(CC(=O)[C@H](CCCNC(N)=O)NC(=O)[C@@H](CC(=O)OC(C)(C)C)C(C)C)cc1)C(C)(C)c1cn(C)c2ccccc12)C(C)(C)C)C(=O)OC.